The lowest BCUT2D eigenvalue weighted by Gasteiger charge is -2.18. The third-order valence-corrected chi connectivity index (χ3v) is 3.64. The van der Waals surface area contributed by atoms with Gasteiger partial charge in [-0.05, 0) is 24.6 Å². The van der Waals surface area contributed by atoms with Crippen molar-refractivity contribution in [2.45, 2.75) is 13.0 Å². The molecule has 148 valence electrons. The molecule has 7 nitrogen and oxygen atoms in total. The Morgan fingerprint density at radius 1 is 1.00 bits per heavy atom. The van der Waals surface area contributed by atoms with Crippen molar-refractivity contribution in [3.8, 4) is 0 Å². The Morgan fingerprint density at radius 2 is 1.71 bits per heavy atom. The van der Waals surface area contributed by atoms with Crippen molar-refractivity contribution in [3.63, 3.8) is 0 Å². The fraction of sp³-hybridized carbons (Fsp3) is 0.211. The maximum absolute atomic E-state index is 13.2. The minimum absolute atomic E-state index is 0.0775. The van der Waals surface area contributed by atoms with Crippen LogP contribution in [-0.4, -0.2) is 30.9 Å². The van der Waals surface area contributed by atoms with Crippen LogP contribution in [0, 0.1) is 11.6 Å². The predicted octanol–water partition coefficient (Wildman–Crippen LogP) is 2.08. The summed E-state index contributed by atoms with van der Waals surface area (Å²) < 4.78 is 26.2. The van der Waals surface area contributed by atoms with E-state index in [0.717, 1.165) is 12.1 Å². The van der Waals surface area contributed by atoms with Gasteiger partial charge in [0, 0.05) is 18.3 Å². The molecular weight excluding hydrogens is 370 g/mol. The van der Waals surface area contributed by atoms with Gasteiger partial charge in [0.2, 0.25) is 11.8 Å². The lowest BCUT2D eigenvalue weighted by molar-refractivity contribution is -0.122. The van der Waals surface area contributed by atoms with Crippen molar-refractivity contribution in [1.82, 2.24) is 16.0 Å². The summed E-state index contributed by atoms with van der Waals surface area (Å²) in [5.41, 5.74) is 0.624. The number of carbonyl (C=O) groups excluding carboxylic acids is 3. The molecule has 0 saturated carbocycles. The number of carbonyl (C=O) groups is 3. The molecule has 0 aromatic heterocycles. The first-order valence-electron chi connectivity index (χ1n) is 8.52. The average Bonchev–Trinajstić information content (AvgIpc) is 2.66. The molecule has 4 N–H and O–H groups in total. The van der Waals surface area contributed by atoms with Gasteiger partial charge in [0.05, 0.1) is 6.54 Å². The molecule has 0 saturated heterocycles. The van der Waals surface area contributed by atoms with Crippen LogP contribution in [0.5, 0.6) is 0 Å². The first-order chi connectivity index (χ1) is 13.4. The van der Waals surface area contributed by atoms with E-state index in [1.807, 2.05) is 0 Å². The standard InChI is InChI=1S/C19H20F2N4O3/c1-2-22-19(28)25-18(27)17(12-6-4-3-5-7-12)23-11-16(26)24-13-8-9-14(20)15(21)10-13/h3-10,17,23H,2,11H2,1H3,(H,24,26)(H2,22,25,27,28)/t17-/m0/s1. The van der Waals surface area contributed by atoms with E-state index in [1.165, 1.54) is 6.07 Å². The molecule has 0 bridgehead atoms. The van der Waals surface area contributed by atoms with E-state index in [9.17, 15) is 23.2 Å². The minimum Gasteiger partial charge on any atom is -0.338 e. The smallest absolute Gasteiger partial charge is 0.321 e. The molecule has 28 heavy (non-hydrogen) atoms. The number of nitrogens with one attached hydrogen (secondary N) is 4. The topological polar surface area (TPSA) is 99.3 Å². The maximum atomic E-state index is 13.2. The van der Waals surface area contributed by atoms with Crippen molar-refractivity contribution < 1.29 is 23.2 Å². The summed E-state index contributed by atoms with van der Waals surface area (Å²) in [6, 6.07) is 9.86. The Kier molecular flexibility index (Phi) is 7.58. The summed E-state index contributed by atoms with van der Waals surface area (Å²) in [5, 5.41) is 9.79. The van der Waals surface area contributed by atoms with Crippen molar-refractivity contribution in [1.29, 1.82) is 0 Å². The Balaban J connectivity index is 2.03. The molecule has 0 heterocycles. The molecule has 0 fully saturated rings. The number of rotatable bonds is 7. The van der Waals surface area contributed by atoms with Gasteiger partial charge in [-0.2, -0.15) is 0 Å². The molecular formula is C19H20F2N4O3. The van der Waals surface area contributed by atoms with Crippen LogP contribution in [0.3, 0.4) is 0 Å². The third kappa shape index (κ3) is 6.13. The number of imide groups is 1. The Labute approximate surface area is 160 Å². The van der Waals surface area contributed by atoms with Crippen molar-refractivity contribution >= 4 is 23.5 Å². The Bertz CT molecular complexity index is 846. The van der Waals surface area contributed by atoms with E-state index in [2.05, 4.69) is 21.3 Å². The zero-order chi connectivity index (χ0) is 20.5. The van der Waals surface area contributed by atoms with Crippen LogP contribution in [0.4, 0.5) is 19.3 Å². The molecule has 2 rings (SSSR count). The van der Waals surface area contributed by atoms with E-state index >= 15 is 0 Å². The van der Waals surface area contributed by atoms with Crippen LogP contribution in [-0.2, 0) is 9.59 Å². The number of hydrogen-bond donors (Lipinski definition) is 4. The molecule has 0 spiro atoms. The fourth-order valence-corrected chi connectivity index (χ4v) is 2.37. The van der Waals surface area contributed by atoms with E-state index in [4.69, 9.17) is 0 Å². The van der Waals surface area contributed by atoms with Gasteiger partial charge < -0.3 is 10.6 Å². The maximum Gasteiger partial charge on any atom is 0.321 e. The van der Waals surface area contributed by atoms with Gasteiger partial charge in [-0.1, -0.05) is 30.3 Å². The second-order valence-electron chi connectivity index (χ2n) is 5.75. The normalized spacial score (nSPS) is 11.4. The molecule has 2 aromatic rings. The monoisotopic (exact) mass is 390 g/mol. The summed E-state index contributed by atoms with van der Waals surface area (Å²) in [6.07, 6.45) is 0. The van der Waals surface area contributed by atoms with Crippen LogP contribution < -0.4 is 21.3 Å². The molecule has 0 aliphatic rings. The summed E-state index contributed by atoms with van der Waals surface area (Å²) >= 11 is 0. The van der Waals surface area contributed by atoms with Gasteiger partial charge in [0.25, 0.3) is 0 Å². The SMILES string of the molecule is CCNC(=O)NC(=O)[C@@H](NCC(=O)Nc1ccc(F)c(F)c1)c1ccccc1. The lowest BCUT2D eigenvalue weighted by Crippen LogP contribution is -2.46. The van der Waals surface area contributed by atoms with Crippen LogP contribution in [0.1, 0.15) is 18.5 Å². The fourth-order valence-electron chi connectivity index (χ4n) is 2.37. The van der Waals surface area contributed by atoms with Gasteiger partial charge in [-0.15, -0.1) is 0 Å². The van der Waals surface area contributed by atoms with Crippen LogP contribution in [0.25, 0.3) is 0 Å². The minimum atomic E-state index is -1.09. The summed E-state index contributed by atoms with van der Waals surface area (Å²) in [4.78, 5) is 36.1. The van der Waals surface area contributed by atoms with Crippen molar-refractivity contribution in [2.24, 2.45) is 0 Å². The number of anilines is 1. The van der Waals surface area contributed by atoms with Gasteiger partial charge in [-0.3, -0.25) is 20.2 Å². The molecule has 1 atom stereocenters. The van der Waals surface area contributed by atoms with E-state index in [1.54, 1.807) is 37.3 Å². The molecule has 0 aliphatic carbocycles. The zero-order valence-electron chi connectivity index (χ0n) is 15.1. The van der Waals surface area contributed by atoms with Crippen LogP contribution in [0.2, 0.25) is 0 Å². The van der Waals surface area contributed by atoms with Crippen LogP contribution in [0.15, 0.2) is 48.5 Å². The van der Waals surface area contributed by atoms with Gasteiger partial charge in [0.1, 0.15) is 6.04 Å². The molecule has 9 heteroatoms. The summed E-state index contributed by atoms with van der Waals surface area (Å²) in [7, 11) is 0. The third-order valence-electron chi connectivity index (χ3n) is 3.64. The number of halogens is 2. The highest BCUT2D eigenvalue weighted by molar-refractivity contribution is 5.98. The highest BCUT2D eigenvalue weighted by Crippen LogP contribution is 2.14. The molecule has 4 amide bonds. The molecule has 0 radical (unpaired) electrons. The number of amides is 4. The Hall–Kier alpha value is -3.33. The first-order valence-corrected chi connectivity index (χ1v) is 8.52. The lowest BCUT2D eigenvalue weighted by atomic mass is 10.1. The molecule has 2 aromatic carbocycles. The average molecular weight is 390 g/mol. The summed E-state index contributed by atoms with van der Waals surface area (Å²) in [6.45, 7) is 1.75. The molecule has 0 aliphatic heterocycles. The van der Waals surface area contributed by atoms with Crippen LogP contribution >= 0.6 is 0 Å². The second kappa shape index (κ2) is 10.1. The highest BCUT2D eigenvalue weighted by atomic mass is 19.2. The van der Waals surface area contributed by atoms with Gasteiger partial charge >= 0.3 is 6.03 Å². The van der Waals surface area contributed by atoms with Crippen molar-refractivity contribution in [3.05, 3.63) is 65.7 Å². The Morgan fingerprint density at radius 3 is 2.36 bits per heavy atom. The molecule has 0 unspecified atom stereocenters. The number of urea groups is 1. The van der Waals surface area contributed by atoms with Crippen molar-refractivity contribution in [2.75, 3.05) is 18.4 Å². The largest absolute Gasteiger partial charge is 0.338 e. The second-order valence-corrected chi connectivity index (χ2v) is 5.75. The van der Waals surface area contributed by atoms with E-state index in [0.29, 0.717) is 12.1 Å². The van der Waals surface area contributed by atoms with E-state index in [-0.39, 0.29) is 12.2 Å². The quantitative estimate of drug-likeness (QED) is 0.582. The number of hydrogen-bond acceptors (Lipinski definition) is 4. The highest BCUT2D eigenvalue weighted by Gasteiger charge is 2.22. The first kappa shape index (κ1) is 21.0. The number of benzene rings is 2. The zero-order valence-corrected chi connectivity index (χ0v) is 15.1. The predicted molar refractivity (Wildman–Crippen MR) is 99.4 cm³/mol. The van der Waals surface area contributed by atoms with Gasteiger partial charge in [-0.25, -0.2) is 13.6 Å². The van der Waals surface area contributed by atoms with E-state index < -0.39 is 35.5 Å². The van der Waals surface area contributed by atoms with Gasteiger partial charge in [0.15, 0.2) is 11.6 Å². The summed E-state index contributed by atoms with van der Waals surface area (Å²) in [5.74, 6) is -3.33.